The number of nitrogens with one attached hydrogen (secondary N) is 1. The van der Waals surface area contributed by atoms with Crippen LogP contribution in [-0.2, 0) is 5.92 Å². The Labute approximate surface area is 113 Å². The standard InChI is InChI=1S/C15H21F2NO/c1-10-8-14(19-3)11(2)7-13(10)15(16,17)12-5-4-6-18-9-12/h7-8,12,18H,4-6,9H2,1-3H3. The maximum Gasteiger partial charge on any atom is 0.277 e. The summed E-state index contributed by atoms with van der Waals surface area (Å²) in [6.07, 6.45) is 1.39. The topological polar surface area (TPSA) is 21.3 Å². The van der Waals surface area contributed by atoms with Gasteiger partial charge in [0.1, 0.15) is 5.75 Å². The van der Waals surface area contributed by atoms with E-state index in [1.165, 1.54) is 0 Å². The van der Waals surface area contributed by atoms with Crippen LogP contribution in [0.15, 0.2) is 12.1 Å². The Morgan fingerprint density at radius 3 is 2.58 bits per heavy atom. The molecule has 0 bridgehead atoms. The van der Waals surface area contributed by atoms with Crippen molar-refractivity contribution in [1.29, 1.82) is 0 Å². The second-order valence-corrected chi connectivity index (χ2v) is 5.30. The van der Waals surface area contributed by atoms with Gasteiger partial charge < -0.3 is 10.1 Å². The van der Waals surface area contributed by atoms with Crippen LogP contribution < -0.4 is 10.1 Å². The van der Waals surface area contributed by atoms with Crippen molar-refractivity contribution in [2.24, 2.45) is 5.92 Å². The van der Waals surface area contributed by atoms with Gasteiger partial charge in [-0.15, -0.1) is 0 Å². The molecular weight excluding hydrogens is 248 g/mol. The quantitative estimate of drug-likeness (QED) is 0.908. The Kier molecular flexibility index (Phi) is 4.09. The summed E-state index contributed by atoms with van der Waals surface area (Å²) in [5, 5.41) is 3.06. The van der Waals surface area contributed by atoms with Gasteiger partial charge in [-0.05, 0) is 56.5 Å². The maximum absolute atomic E-state index is 14.6. The summed E-state index contributed by atoms with van der Waals surface area (Å²) in [6.45, 7) is 4.75. The van der Waals surface area contributed by atoms with Gasteiger partial charge in [-0.25, -0.2) is 8.78 Å². The molecule has 1 heterocycles. The van der Waals surface area contributed by atoms with Crippen molar-refractivity contribution < 1.29 is 13.5 Å². The fourth-order valence-corrected chi connectivity index (χ4v) is 2.75. The van der Waals surface area contributed by atoms with Crippen LogP contribution in [-0.4, -0.2) is 20.2 Å². The number of rotatable bonds is 3. The lowest BCUT2D eigenvalue weighted by Gasteiger charge is -2.32. The van der Waals surface area contributed by atoms with Gasteiger partial charge in [-0.1, -0.05) is 0 Å². The van der Waals surface area contributed by atoms with E-state index in [4.69, 9.17) is 4.74 Å². The molecule has 1 fully saturated rings. The summed E-state index contributed by atoms with van der Waals surface area (Å²) in [5.74, 6) is -2.74. The fourth-order valence-electron chi connectivity index (χ4n) is 2.75. The first kappa shape index (κ1) is 14.3. The van der Waals surface area contributed by atoms with Crippen LogP contribution in [0.1, 0.15) is 29.5 Å². The number of hydrogen-bond acceptors (Lipinski definition) is 2. The zero-order valence-corrected chi connectivity index (χ0v) is 11.7. The van der Waals surface area contributed by atoms with Crippen molar-refractivity contribution >= 4 is 0 Å². The number of ether oxygens (including phenoxy) is 1. The van der Waals surface area contributed by atoms with Crippen LogP contribution >= 0.6 is 0 Å². The number of hydrogen-bond donors (Lipinski definition) is 1. The molecule has 19 heavy (non-hydrogen) atoms. The second kappa shape index (κ2) is 5.45. The number of aryl methyl sites for hydroxylation is 2. The number of piperidine rings is 1. The van der Waals surface area contributed by atoms with Gasteiger partial charge in [-0.2, -0.15) is 0 Å². The number of halogens is 2. The highest BCUT2D eigenvalue weighted by atomic mass is 19.3. The fraction of sp³-hybridized carbons (Fsp3) is 0.600. The van der Waals surface area contributed by atoms with Crippen LogP contribution in [0.25, 0.3) is 0 Å². The zero-order valence-electron chi connectivity index (χ0n) is 11.7. The van der Waals surface area contributed by atoms with Gasteiger partial charge in [0.2, 0.25) is 0 Å². The zero-order chi connectivity index (χ0) is 14.0. The van der Waals surface area contributed by atoms with Crippen molar-refractivity contribution in [2.45, 2.75) is 32.6 Å². The molecule has 1 aliphatic heterocycles. The summed E-state index contributed by atoms with van der Waals surface area (Å²) in [4.78, 5) is 0. The average Bonchev–Trinajstić information content (AvgIpc) is 2.41. The van der Waals surface area contributed by atoms with E-state index in [9.17, 15) is 8.78 Å². The van der Waals surface area contributed by atoms with Crippen molar-refractivity contribution in [2.75, 3.05) is 20.2 Å². The van der Waals surface area contributed by atoms with E-state index in [0.29, 0.717) is 24.3 Å². The summed E-state index contributed by atoms with van der Waals surface area (Å²) < 4.78 is 34.5. The molecule has 0 aromatic heterocycles. The normalized spacial score (nSPS) is 20.4. The van der Waals surface area contributed by atoms with Gasteiger partial charge >= 0.3 is 0 Å². The highest BCUT2D eigenvalue weighted by Gasteiger charge is 2.42. The Hall–Kier alpha value is -1.16. The molecule has 0 spiro atoms. The lowest BCUT2D eigenvalue weighted by atomic mass is 9.86. The Morgan fingerprint density at radius 1 is 1.26 bits per heavy atom. The molecular formula is C15H21F2NO. The molecule has 1 saturated heterocycles. The lowest BCUT2D eigenvalue weighted by molar-refractivity contribution is -0.0730. The second-order valence-electron chi connectivity index (χ2n) is 5.30. The van der Waals surface area contributed by atoms with E-state index >= 15 is 0 Å². The molecule has 1 aliphatic rings. The minimum Gasteiger partial charge on any atom is -0.496 e. The summed E-state index contributed by atoms with van der Waals surface area (Å²) in [7, 11) is 1.56. The molecule has 1 unspecified atom stereocenters. The van der Waals surface area contributed by atoms with Crippen molar-refractivity contribution in [1.82, 2.24) is 5.32 Å². The maximum atomic E-state index is 14.6. The van der Waals surface area contributed by atoms with Crippen LogP contribution in [0, 0.1) is 19.8 Å². The molecule has 1 aromatic rings. The van der Waals surface area contributed by atoms with E-state index in [1.54, 1.807) is 33.1 Å². The van der Waals surface area contributed by atoms with Gasteiger partial charge in [0, 0.05) is 18.0 Å². The van der Waals surface area contributed by atoms with Crippen molar-refractivity contribution in [3.05, 3.63) is 28.8 Å². The van der Waals surface area contributed by atoms with Crippen molar-refractivity contribution in [3.8, 4) is 5.75 Å². The van der Waals surface area contributed by atoms with E-state index < -0.39 is 11.8 Å². The summed E-state index contributed by atoms with van der Waals surface area (Å²) in [5.41, 5.74) is 1.49. The van der Waals surface area contributed by atoms with Crippen LogP contribution in [0.2, 0.25) is 0 Å². The molecule has 106 valence electrons. The predicted octanol–water partition coefficient (Wildman–Crippen LogP) is 3.40. The average molecular weight is 269 g/mol. The largest absolute Gasteiger partial charge is 0.496 e. The monoisotopic (exact) mass is 269 g/mol. The van der Waals surface area contributed by atoms with Crippen molar-refractivity contribution in [3.63, 3.8) is 0 Å². The van der Waals surface area contributed by atoms with Gasteiger partial charge in [0.05, 0.1) is 7.11 Å². The minimum atomic E-state index is -2.78. The third kappa shape index (κ3) is 2.73. The highest BCUT2D eigenvalue weighted by Crippen LogP contribution is 2.42. The molecule has 2 rings (SSSR count). The molecule has 0 saturated carbocycles. The van der Waals surface area contributed by atoms with E-state index in [1.807, 2.05) is 0 Å². The number of alkyl halides is 2. The molecule has 4 heteroatoms. The summed E-state index contributed by atoms with van der Waals surface area (Å²) >= 11 is 0. The Morgan fingerprint density at radius 2 is 2.00 bits per heavy atom. The van der Waals surface area contributed by atoms with Gasteiger partial charge in [-0.3, -0.25) is 0 Å². The first-order chi connectivity index (χ1) is 8.96. The number of benzene rings is 1. The predicted molar refractivity (Wildman–Crippen MR) is 72.0 cm³/mol. The van der Waals surface area contributed by atoms with Crippen LogP contribution in [0.3, 0.4) is 0 Å². The molecule has 2 nitrogen and oxygen atoms in total. The molecule has 0 radical (unpaired) electrons. The molecule has 0 aliphatic carbocycles. The molecule has 1 atom stereocenters. The molecule has 1 N–H and O–H groups in total. The Balaban J connectivity index is 2.36. The number of methoxy groups -OCH3 is 1. The van der Waals surface area contributed by atoms with Crippen LogP contribution in [0.5, 0.6) is 5.75 Å². The lowest BCUT2D eigenvalue weighted by Crippen LogP contribution is -2.39. The first-order valence-electron chi connectivity index (χ1n) is 6.71. The van der Waals surface area contributed by atoms with Gasteiger partial charge in [0.15, 0.2) is 0 Å². The molecule has 1 aromatic carbocycles. The third-order valence-electron chi connectivity index (χ3n) is 3.91. The minimum absolute atomic E-state index is 0.138. The summed E-state index contributed by atoms with van der Waals surface area (Å²) in [6, 6.07) is 3.28. The highest BCUT2D eigenvalue weighted by molar-refractivity contribution is 5.43. The van der Waals surface area contributed by atoms with Crippen LogP contribution in [0.4, 0.5) is 8.78 Å². The SMILES string of the molecule is COc1cc(C)c(C(F)(F)C2CCCNC2)cc1C. The molecule has 0 amide bonds. The van der Waals surface area contributed by atoms with Gasteiger partial charge in [0.25, 0.3) is 5.92 Å². The van der Waals surface area contributed by atoms with E-state index in [2.05, 4.69) is 5.32 Å². The first-order valence-corrected chi connectivity index (χ1v) is 6.71. The smallest absolute Gasteiger partial charge is 0.277 e. The van der Waals surface area contributed by atoms with E-state index in [-0.39, 0.29) is 5.56 Å². The van der Waals surface area contributed by atoms with E-state index in [0.717, 1.165) is 18.5 Å². The third-order valence-corrected chi connectivity index (χ3v) is 3.91. The Bertz CT molecular complexity index is 454.